The van der Waals surface area contributed by atoms with Crippen molar-refractivity contribution in [3.63, 3.8) is 0 Å². The molecule has 0 bridgehead atoms. The Morgan fingerprint density at radius 3 is 2.50 bits per heavy atom. The molecule has 1 aliphatic rings. The lowest BCUT2D eigenvalue weighted by atomic mass is 10.1. The second-order valence-electron chi connectivity index (χ2n) is 7.91. The lowest BCUT2D eigenvalue weighted by molar-refractivity contribution is -0.132. The molecule has 0 N–H and O–H groups in total. The van der Waals surface area contributed by atoms with Crippen LogP contribution in [0.1, 0.15) is 11.3 Å². The van der Waals surface area contributed by atoms with Crippen molar-refractivity contribution < 1.29 is 14.3 Å². The Hall–Kier alpha value is -3.39. The van der Waals surface area contributed by atoms with E-state index in [1.54, 1.807) is 20.4 Å². The molecule has 1 aliphatic heterocycles. The molecule has 0 spiro atoms. The number of hydrogen-bond acceptors (Lipinski definition) is 6. The normalized spacial score (nSPS) is 14.4. The third-order valence-electron chi connectivity index (χ3n) is 5.85. The standard InChI is InChI=1S/C24H29N5O3/c1-27-20(15-21(26-27)19-5-4-8-25-16-19)17-28-9-11-29(12-10-28)24(30)14-18-6-7-22(31-2)23(13-18)32-3/h4-8,13,15-16H,9-12,14,17H2,1-3H3. The molecule has 1 saturated heterocycles. The van der Waals surface area contributed by atoms with E-state index in [9.17, 15) is 4.79 Å². The average molecular weight is 436 g/mol. The van der Waals surface area contributed by atoms with Gasteiger partial charge in [0.1, 0.15) is 0 Å². The summed E-state index contributed by atoms with van der Waals surface area (Å²) in [5.74, 6) is 1.44. The number of hydrogen-bond donors (Lipinski definition) is 0. The minimum atomic E-state index is 0.135. The molecule has 3 heterocycles. The zero-order valence-corrected chi connectivity index (χ0v) is 18.8. The Balaban J connectivity index is 1.32. The number of aryl methyl sites for hydroxylation is 1. The van der Waals surface area contributed by atoms with Gasteiger partial charge in [-0.05, 0) is 35.9 Å². The summed E-state index contributed by atoms with van der Waals surface area (Å²) < 4.78 is 12.5. The topological polar surface area (TPSA) is 72.7 Å². The Morgan fingerprint density at radius 1 is 1.03 bits per heavy atom. The van der Waals surface area contributed by atoms with Crippen LogP contribution in [0.5, 0.6) is 11.5 Å². The summed E-state index contributed by atoms with van der Waals surface area (Å²) in [4.78, 5) is 21.3. The number of amides is 1. The summed E-state index contributed by atoms with van der Waals surface area (Å²) in [6, 6.07) is 11.7. The molecule has 0 atom stereocenters. The molecule has 0 unspecified atom stereocenters. The smallest absolute Gasteiger partial charge is 0.227 e. The van der Waals surface area contributed by atoms with Crippen molar-refractivity contribution in [3.05, 3.63) is 60.0 Å². The monoisotopic (exact) mass is 435 g/mol. The molecule has 1 amide bonds. The number of aromatic nitrogens is 3. The summed E-state index contributed by atoms with van der Waals surface area (Å²) in [6.07, 6.45) is 3.95. The van der Waals surface area contributed by atoms with E-state index in [2.05, 4.69) is 21.0 Å². The molecule has 1 fully saturated rings. The molecule has 8 heteroatoms. The first kappa shape index (κ1) is 21.8. The minimum absolute atomic E-state index is 0.135. The number of methoxy groups -OCH3 is 2. The van der Waals surface area contributed by atoms with Gasteiger partial charge >= 0.3 is 0 Å². The summed E-state index contributed by atoms with van der Waals surface area (Å²) in [5.41, 5.74) is 4.01. The van der Waals surface area contributed by atoms with Gasteiger partial charge in [0.2, 0.25) is 5.91 Å². The van der Waals surface area contributed by atoms with E-state index in [1.807, 2.05) is 53.2 Å². The van der Waals surface area contributed by atoms with Crippen LogP contribution < -0.4 is 9.47 Å². The van der Waals surface area contributed by atoms with Gasteiger partial charge in [-0.15, -0.1) is 0 Å². The summed E-state index contributed by atoms with van der Waals surface area (Å²) in [7, 11) is 5.18. The van der Waals surface area contributed by atoms with Crippen LogP contribution in [0.15, 0.2) is 48.8 Å². The molecule has 8 nitrogen and oxygen atoms in total. The van der Waals surface area contributed by atoms with Crippen LogP contribution in [0.3, 0.4) is 0 Å². The number of carbonyl (C=O) groups excluding carboxylic acids is 1. The fourth-order valence-electron chi connectivity index (χ4n) is 3.97. The largest absolute Gasteiger partial charge is 0.493 e. The van der Waals surface area contributed by atoms with Gasteiger partial charge in [0.05, 0.1) is 32.0 Å². The van der Waals surface area contributed by atoms with Gasteiger partial charge < -0.3 is 14.4 Å². The van der Waals surface area contributed by atoms with Gasteiger partial charge in [0.15, 0.2) is 11.5 Å². The number of carbonyl (C=O) groups is 1. The predicted molar refractivity (Wildman–Crippen MR) is 122 cm³/mol. The van der Waals surface area contributed by atoms with Crippen LogP contribution in [0.4, 0.5) is 0 Å². The van der Waals surface area contributed by atoms with E-state index >= 15 is 0 Å². The molecule has 2 aromatic heterocycles. The number of benzene rings is 1. The first-order chi connectivity index (χ1) is 15.6. The maximum atomic E-state index is 12.8. The number of pyridine rings is 1. The molecule has 4 rings (SSSR count). The van der Waals surface area contributed by atoms with Crippen molar-refractivity contribution in [1.82, 2.24) is 24.6 Å². The fourth-order valence-corrected chi connectivity index (χ4v) is 3.97. The van der Waals surface area contributed by atoms with Crippen LogP contribution in [-0.2, 0) is 24.8 Å². The van der Waals surface area contributed by atoms with Crippen molar-refractivity contribution in [2.24, 2.45) is 7.05 Å². The first-order valence-electron chi connectivity index (χ1n) is 10.7. The van der Waals surface area contributed by atoms with E-state index in [1.165, 1.54) is 0 Å². The molecular formula is C24H29N5O3. The maximum absolute atomic E-state index is 12.8. The highest BCUT2D eigenvalue weighted by Crippen LogP contribution is 2.28. The Morgan fingerprint density at radius 2 is 1.81 bits per heavy atom. The molecule has 0 radical (unpaired) electrons. The average Bonchev–Trinajstić information content (AvgIpc) is 3.20. The minimum Gasteiger partial charge on any atom is -0.493 e. The fraction of sp³-hybridized carbons (Fsp3) is 0.375. The van der Waals surface area contributed by atoms with Gasteiger partial charge in [-0.1, -0.05) is 6.07 Å². The molecular weight excluding hydrogens is 406 g/mol. The molecule has 0 saturated carbocycles. The van der Waals surface area contributed by atoms with Crippen molar-refractivity contribution >= 4 is 5.91 Å². The van der Waals surface area contributed by atoms with E-state index in [4.69, 9.17) is 9.47 Å². The summed E-state index contributed by atoms with van der Waals surface area (Å²) in [6.45, 7) is 3.93. The van der Waals surface area contributed by atoms with Gasteiger partial charge in [0, 0.05) is 57.7 Å². The van der Waals surface area contributed by atoms with Crippen molar-refractivity contribution in [2.45, 2.75) is 13.0 Å². The number of piperazine rings is 1. The molecule has 32 heavy (non-hydrogen) atoms. The van der Waals surface area contributed by atoms with Gasteiger partial charge in [-0.25, -0.2) is 0 Å². The molecule has 1 aromatic carbocycles. The van der Waals surface area contributed by atoms with Crippen molar-refractivity contribution in [3.8, 4) is 22.8 Å². The molecule has 0 aliphatic carbocycles. The van der Waals surface area contributed by atoms with Gasteiger partial charge in [0.25, 0.3) is 0 Å². The van der Waals surface area contributed by atoms with Crippen molar-refractivity contribution in [2.75, 3.05) is 40.4 Å². The highest BCUT2D eigenvalue weighted by atomic mass is 16.5. The Bertz CT molecular complexity index is 1060. The third-order valence-corrected chi connectivity index (χ3v) is 5.85. The third kappa shape index (κ3) is 4.91. The van der Waals surface area contributed by atoms with E-state index in [-0.39, 0.29) is 5.91 Å². The highest BCUT2D eigenvalue weighted by Gasteiger charge is 2.22. The second kappa shape index (κ2) is 9.82. The lowest BCUT2D eigenvalue weighted by Crippen LogP contribution is -2.48. The SMILES string of the molecule is COc1ccc(CC(=O)N2CCN(Cc3cc(-c4cccnc4)nn3C)CC2)cc1OC. The number of nitrogens with zero attached hydrogens (tertiary/aromatic N) is 5. The van der Waals surface area contributed by atoms with Crippen LogP contribution in [0.25, 0.3) is 11.3 Å². The highest BCUT2D eigenvalue weighted by molar-refractivity contribution is 5.79. The maximum Gasteiger partial charge on any atom is 0.227 e. The van der Waals surface area contributed by atoms with Gasteiger partial charge in [-0.3, -0.25) is 19.4 Å². The zero-order chi connectivity index (χ0) is 22.5. The van der Waals surface area contributed by atoms with Gasteiger partial charge in [-0.2, -0.15) is 5.10 Å². The summed E-state index contributed by atoms with van der Waals surface area (Å²) in [5, 5.41) is 4.63. The van der Waals surface area contributed by atoms with E-state index in [0.717, 1.165) is 55.2 Å². The van der Waals surface area contributed by atoms with E-state index < -0.39 is 0 Å². The van der Waals surface area contributed by atoms with Crippen LogP contribution in [0, 0.1) is 0 Å². The molecule has 168 valence electrons. The summed E-state index contributed by atoms with van der Waals surface area (Å²) >= 11 is 0. The second-order valence-corrected chi connectivity index (χ2v) is 7.91. The Kier molecular flexibility index (Phi) is 6.70. The van der Waals surface area contributed by atoms with Crippen LogP contribution >= 0.6 is 0 Å². The number of ether oxygens (including phenoxy) is 2. The number of rotatable bonds is 7. The quantitative estimate of drug-likeness (QED) is 0.568. The van der Waals surface area contributed by atoms with Crippen LogP contribution in [0.2, 0.25) is 0 Å². The Labute approximate surface area is 188 Å². The lowest BCUT2D eigenvalue weighted by Gasteiger charge is -2.34. The first-order valence-corrected chi connectivity index (χ1v) is 10.7. The zero-order valence-electron chi connectivity index (χ0n) is 18.8. The van der Waals surface area contributed by atoms with Crippen LogP contribution in [-0.4, -0.2) is 70.9 Å². The molecule has 3 aromatic rings. The predicted octanol–water partition coefficient (Wildman–Crippen LogP) is 2.39. The van der Waals surface area contributed by atoms with E-state index in [0.29, 0.717) is 17.9 Å². The van der Waals surface area contributed by atoms with Crippen molar-refractivity contribution in [1.29, 1.82) is 0 Å².